The van der Waals surface area contributed by atoms with Gasteiger partial charge in [-0.05, 0) is 47.9 Å². The highest BCUT2D eigenvalue weighted by atomic mass is 32.2. The van der Waals surface area contributed by atoms with E-state index in [1.165, 1.54) is 0 Å². The SMILES string of the molecule is O=C1CCc2cc(CNS(=O)(=O)c3ccccc3)ccc2N1c1ccccc1. The second-order valence-electron chi connectivity index (χ2n) is 6.67. The maximum Gasteiger partial charge on any atom is 0.240 e. The molecule has 0 spiro atoms. The van der Waals surface area contributed by atoms with Crippen molar-refractivity contribution in [2.45, 2.75) is 24.3 Å². The van der Waals surface area contributed by atoms with Crippen LogP contribution in [-0.4, -0.2) is 14.3 Å². The molecule has 0 aromatic heterocycles. The molecule has 1 heterocycles. The minimum Gasteiger partial charge on any atom is -0.281 e. The van der Waals surface area contributed by atoms with E-state index < -0.39 is 10.0 Å². The number of fused-ring (bicyclic) bond motifs is 1. The number of para-hydroxylation sites is 1. The summed E-state index contributed by atoms with van der Waals surface area (Å²) in [6, 6.07) is 23.6. The smallest absolute Gasteiger partial charge is 0.240 e. The van der Waals surface area contributed by atoms with Gasteiger partial charge in [-0.15, -0.1) is 0 Å². The first kappa shape index (κ1) is 18.4. The van der Waals surface area contributed by atoms with Crippen molar-refractivity contribution in [3.05, 3.63) is 90.0 Å². The second-order valence-corrected chi connectivity index (χ2v) is 8.43. The van der Waals surface area contributed by atoms with Crippen molar-refractivity contribution in [1.29, 1.82) is 0 Å². The highest BCUT2D eigenvalue weighted by molar-refractivity contribution is 7.89. The molecule has 1 N–H and O–H groups in total. The summed E-state index contributed by atoms with van der Waals surface area (Å²) in [6.45, 7) is 0.198. The fourth-order valence-corrected chi connectivity index (χ4v) is 4.42. The number of anilines is 2. The van der Waals surface area contributed by atoms with Crippen LogP contribution in [0.15, 0.2) is 83.8 Å². The largest absolute Gasteiger partial charge is 0.281 e. The van der Waals surface area contributed by atoms with Crippen LogP contribution in [0.25, 0.3) is 0 Å². The first-order chi connectivity index (χ1) is 13.5. The van der Waals surface area contributed by atoms with E-state index in [1.807, 2.05) is 48.5 Å². The summed E-state index contributed by atoms with van der Waals surface area (Å²) in [5.74, 6) is 0.0660. The predicted molar refractivity (Wildman–Crippen MR) is 109 cm³/mol. The Hall–Kier alpha value is -2.96. The number of carbonyl (C=O) groups is 1. The lowest BCUT2D eigenvalue weighted by atomic mass is 9.98. The summed E-state index contributed by atoms with van der Waals surface area (Å²) in [6.07, 6.45) is 1.08. The number of amides is 1. The Kier molecular flexibility index (Phi) is 4.98. The molecule has 0 radical (unpaired) electrons. The number of aryl methyl sites for hydroxylation is 1. The summed E-state index contributed by atoms with van der Waals surface area (Å²) < 4.78 is 27.5. The molecule has 1 aliphatic heterocycles. The topological polar surface area (TPSA) is 66.5 Å². The molecular formula is C22H20N2O3S. The number of benzene rings is 3. The molecule has 5 nitrogen and oxygen atoms in total. The third-order valence-electron chi connectivity index (χ3n) is 4.78. The summed E-state index contributed by atoms with van der Waals surface area (Å²) in [5.41, 5.74) is 3.60. The molecule has 28 heavy (non-hydrogen) atoms. The van der Waals surface area contributed by atoms with Gasteiger partial charge in [0.15, 0.2) is 0 Å². The third-order valence-corrected chi connectivity index (χ3v) is 6.19. The number of nitrogens with zero attached hydrogens (tertiary/aromatic N) is 1. The first-order valence-electron chi connectivity index (χ1n) is 9.09. The summed E-state index contributed by atoms with van der Waals surface area (Å²) in [7, 11) is -3.56. The zero-order valence-corrected chi connectivity index (χ0v) is 16.0. The van der Waals surface area contributed by atoms with Gasteiger partial charge in [-0.3, -0.25) is 9.69 Å². The molecule has 4 rings (SSSR count). The van der Waals surface area contributed by atoms with Gasteiger partial charge in [0.05, 0.1) is 10.6 Å². The van der Waals surface area contributed by atoms with E-state index in [-0.39, 0.29) is 17.3 Å². The van der Waals surface area contributed by atoms with Crippen LogP contribution in [-0.2, 0) is 27.8 Å². The number of hydrogen-bond donors (Lipinski definition) is 1. The van der Waals surface area contributed by atoms with Gasteiger partial charge in [0.25, 0.3) is 0 Å². The Morgan fingerprint density at radius 1 is 0.857 bits per heavy atom. The molecule has 0 atom stereocenters. The lowest BCUT2D eigenvalue weighted by Gasteiger charge is -2.30. The van der Waals surface area contributed by atoms with Crippen LogP contribution >= 0.6 is 0 Å². The molecule has 3 aromatic rings. The molecule has 3 aromatic carbocycles. The Labute approximate surface area is 164 Å². The van der Waals surface area contributed by atoms with E-state index >= 15 is 0 Å². The highest BCUT2D eigenvalue weighted by Crippen LogP contribution is 2.34. The van der Waals surface area contributed by atoms with Gasteiger partial charge in [-0.2, -0.15) is 0 Å². The third kappa shape index (κ3) is 3.69. The maximum atomic E-state index is 12.5. The summed E-state index contributed by atoms with van der Waals surface area (Å²) in [5, 5.41) is 0. The molecule has 1 aliphatic rings. The van der Waals surface area contributed by atoms with Gasteiger partial charge in [0.1, 0.15) is 0 Å². The minimum atomic E-state index is -3.56. The summed E-state index contributed by atoms with van der Waals surface area (Å²) in [4.78, 5) is 14.5. The van der Waals surface area contributed by atoms with Crippen LogP contribution in [0.1, 0.15) is 17.5 Å². The van der Waals surface area contributed by atoms with Crippen molar-refractivity contribution in [1.82, 2.24) is 4.72 Å². The molecule has 142 valence electrons. The van der Waals surface area contributed by atoms with Gasteiger partial charge < -0.3 is 0 Å². The lowest BCUT2D eigenvalue weighted by Crippen LogP contribution is -2.31. The Balaban J connectivity index is 1.57. The van der Waals surface area contributed by atoms with E-state index in [0.29, 0.717) is 12.8 Å². The minimum absolute atomic E-state index is 0.0660. The van der Waals surface area contributed by atoms with Crippen molar-refractivity contribution in [3.63, 3.8) is 0 Å². The molecule has 0 bridgehead atoms. The first-order valence-corrected chi connectivity index (χ1v) is 10.6. The number of hydrogen-bond acceptors (Lipinski definition) is 3. The number of carbonyl (C=O) groups excluding carboxylic acids is 1. The van der Waals surface area contributed by atoms with E-state index in [4.69, 9.17) is 0 Å². The molecular weight excluding hydrogens is 372 g/mol. The highest BCUT2D eigenvalue weighted by Gasteiger charge is 2.25. The van der Waals surface area contributed by atoms with Crippen LogP contribution < -0.4 is 9.62 Å². The zero-order chi connectivity index (χ0) is 19.6. The van der Waals surface area contributed by atoms with E-state index in [1.54, 1.807) is 35.2 Å². The fourth-order valence-electron chi connectivity index (χ4n) is 3.38. The molecule has 0 fully saturated rings. The van der Waals surface area contributed by atoms with Gasteiger partial charge >= 0.3 is 0 Å². The van der Waals surface area contributed by atoms with Crippen molar-refractivity contribution in [3.8, 4) is 0 Å². The zero-order valence-electron chi connectivity index (χ0n) is 15.2. The van der Waals surface area contributed by atoms with Crippen LogP contribution in [0.3, 0.4) is 0 Å². The van der Waals surface area contributed by atoms with Crippen LogP contribution in [0, 0.1) is 0 Å². The van der Waals surface area contributed by atoms with Gasteiger partial charge in [-0.1, -0.05) is 48.5 Å². The predicted octanol–water partition coefficient (Wildman–Crippen LogP) is 3.78. The Bertz CT molecular complexity index is 1100. The fraction of sp³-hybridized carbons (Fsp3) is 0.136. The van der Waals surface area contributed by atoms with Crippen molar-refractivity contribution in [2.24, 2.45) is 0 Å². The van der Waals surface area contributed by atoms with Crippen molar-refractivity contribution >= 4 is 27.3 Å². The van der Waals surface area contributed by atoms with Gasteiger partial charge in [0.2, 0.25) is 15.9 Å². The number of rotatable bonds is 5. The lowest BCUT2D eigenvalue weighted by molar-refractivity contribution is -0.118. The van der Waals surface area contributed by atoms with Crippen LogP contribution in [0.5, 0.6) is 0 Å². The average Bonchev–Trinajstić information content (AvgIpc) is 2.73. The number of nitrogens with one attached hydrogen (secondary N) is 1. The molecule has 0 unspecified atom stereocenters. The molecule has 6 heteroatoms. The standard InChI is InChI=1S/C22H20N2O3S/c25-22-14-12-18-15-17(16-23-28(26,27)20-9-5-2-6-10-20)11-13-21(18)24(22)19-7-3-1-4-8-19/h1-11,13,15,23H,12,14,16H2. The van der Waals surface area contributed by atoms with Gasteiger partial charge in [-0.25, -0.2) is 13.1 Å². The van der Waals surface area contributed by atoms with E-state index in [0.717, 1.165) is 22.5 Å². The molecule has 1 amide bonds. The Morgan fingerprint density at radius 2 is 1.54 bits per heavy atom. The van der Waals surface area contributed by atoms with E-state index in [2.05, 4.69) is 4.72 Å². The quantitative estimate of drug-likeness (QED) is 0.719. The van der Waals surface area contributed by atoms with Crippen molar-refractivity contribution < 1.29 is 13.2 Å². The monoisotopic (exact) mass is 392 g/mol. The Morgan fingerprint density at radius 3 is 2.25 bits per heavy atom. The normalized spacial score (nSPS) is 14.0. The van der Waals surface area contributed by atoms with Gasteiger partial charge in [0, 0.05) is 18.7 Å². The second kappa shape index (κ2) is 7.58. The van der Waals surface area contributed by atoms with Crippen LogP contribution in [0.4, 0.5) is 11.4 Å². The maximum absolute atomic E-state index is 12.5. The van der Waals surface area contributed by atoms with E-state index in [9.17, 15) is 13.2 Å². The molecule has 0 saturated carbocycles. The average molecular weight is 392 g/mol. The molecule has 0 saturated heterocycles. The summed E-state index contributed by atoms with van der Waals surface area (Å²) >= 11 is 0. The van der Waals surface area contributed by atoms with Crippen molar-refractivity contribution in [2.75, 3.05) is 4.90 Å². The molecule has 0 aliphatic carbocycles. The number of sulfonamides is 1. The van der Waals surface area contributed by atoms with Crippen LogP contribution in [0.2, 0.25) is 0 Å².